The minimum atomic E-state index is -4.99. The zero-order valence-corrected chi connectivity index (χ0v) is 52.1. The van der Waals surface area contributed by atoms with Gasteiger partial charge in [-0.3, -0.25) is 30.1 Å². The molecule has 4 aliphatic heterocycles. The van der Waals surface area contributed by atoms with Gasteiger partial charge in [-0.15, -0.1) is 25.5 Å². The van der Waals surface area contributed by atoms with Crippen LogP contribution in [0, 0.1) is 5.82 Å². The predicted octanol–water partition coefficient (Wildman–Crippen LogP) is 12.7. The summed E-state index contributed by atoms with van der Waals surface area (Å²) in [6, 6.07) is 23.0. The van der Waals surface area contributed by atoms with E-state index in [1.54, 1.807) is 41.3 Å². The Morgan fingerprint density at radius 1 is 0.546 bits per heavy atom. The third-order valence-electron chi connectivity index (χ3n) is 15.6. The van der Waals surface area contributed by atoms with Crippen LogP contribution in [0.25, 0.3) is 22.9 Å². The molecular weight excluding hydrogens is 1370 g/mol. The van der Waals surface area contributed by atoms with Gasteiger partial charge in [0.25, 0.3) is 6.23 Å². The van der Waals surface area contributed by atoms with Crippen LogP contribution in [0.1, 0.15) is 57.6 Å². The number of hydrogen-bond donors (Lipinski definition) is 1. The minimum Gasteiger partial charge on any atom is -0.441 e. The van der Waals surface area contributed by atoms with Crippen molar-refractivity contribution in [1.29, 1.82) is 0 Å². The number of nitrogens with zero attached hydrogens (tertiary/aromatic N) is 13. The van der Waals surface area contributed by atoms with E-state index < -0.39 is 91.0 Å². The van der Waals surface area contributed by atoms with Gasteiger partial charge >= 0.3 is 48.4 Å². The third kappa shape index (κ3) is 15.6. The van der Waals surface area contributed by atoms with Crippen LogP contribution in [-0.2, 0) is 50.9 Å². The number of alkyl halides is 9. The molecule has 0 spiro atoms. The summed E-state index contributed by atoms with van der Waals surface area (Å²) in [7, 11) is 0. The number of ether oxygens (including phenoxy) is 4. The molecule has 508 valence electrons. The molecule has 8 aromatic rings. The van der Waals surface area contributed by atoms with Crippen LogP contribution in [0.2, 0.25) is 15.1 Å². The molecule has 6 amide bonds. The average molecular weight is 1420 g/mol. The van der Waals surface area contributed by atoms with Crippen molar-refractivity contribution in [3.63, 3.8) is 0 Å². The van der Waals surface area contributed by atoms with Gasteiger partial charge < -0.3 is 42.5 Å². The molecule has 0 aliphatic carbocycles. The summed E-state index contributed by atoms with van der Waals surface area (Å²) < 4.78 is 169. The van der Waals surface area contributed by atoms with Gasteiger partial charge in [-0.25, -0.2) is 18.8 Å². The van der Waals surface area contributed by atoms with E-state index >= 15 is 9.18 Å². The maximum atomic E-state index is 16.5. The number of nitrogens with one attached hydrogen (secondary N) is 1. The molecule has 0 bridgehead atoms. The zero-order valence-electron chi connectivity index (χ0n) is 49.8. The van der Waals surface area contributed by atoms with Gasteiger partial charge in [-0.2, -0.15) is 39.5 Å². The number of carbonyl (C=O) groups excluding carboxylic acids is 3. The second-order valence-corrected chi connectivity index (χ2v) is 23.3. The minimum absolute atomic E-state index is 0.0262. The van der Waals surface area contributed by atoms with E-state index in [-0.39, 0.29) is 134 Å². The number of amides is 6. The Labute approximate surface area is 557 Å². The van der Waals surface area contributed by atoms with E-state index in [9.17, 15) is 49.1 Å². The lowest BCUT2D eigenvalue weighted by Gasteiger charge is -2.38. The number of urea groups is 3. The monoisotopic (exact) mass is 1420 g/mol. The Bertz CT molecular complexity index is 4220. The van der Waals surface area contributed by atoms with E-state index in [0.29, 0.717) is 27.7 Å². The number of carbonyl (C=O) groups is 3. The van der Waals surface area contributed by atoms with Crippen molar-refractivity contribution >= 4 is 75.9 Å². The molecular formula is C61H49Cl3F10N14O9. The molecule has 23 nitrogen and oxygen atoms in total. The van der Waals surface area contributed by atoms with Gasteiger partial charge in [-0.1, -0.05) is 40.9 Å². The third-order valence-corrected chi connectivity index (χ3v) is 16.4. The van der Waals surface area contributed by atoms with Gasteiger partial charge in [0.1, 0.15) is 18.0 Å². The number of morpholine rings is 3. The van der Waals surface area contributed by atoms with E-state index in [1.807, 2.05) is 5.43 Å². The number of aromatic nitrogens is 6. The topological polar surface area (TPSA) is 236 Å². The average Bonchev–Trinajstić information content (AvgIpc) is 0.892. The summed E-state index contributed by atoms with van der Waals surface area (Å²) in [6.07, 6.45) is -16.4. The quantitative estimate of drug-likeness (QED) is 0.0996. The van der Waals surface area contributed by atoms with Crippen molar-refractivity contribution in [3.05, 3.63) is 182 Å². The summed E-state index contributed by atoms with van der Waals surface area (Å²) in [5.41, 5.74) is 3.85. The molecule has 12 rings (SSSR count). The SMILES string of the molecule is O=C(N1CCOCC1)N(Cc1ccc(C2=NNC(C(F)(F)F)O2)cn1)c1cc(Cl)cc(C2CN(C(=O)N(Cc3ccc(-c4nnc(C(F)(F)F)o4)cc3F)c3ccc(Cl)c(C4CN(C(=O)N(Cc5ccc(-c6nnc(C(F)(F)F)o6)cn5)c5ccc(Cl)cc5)CCO4)c3)CCO2)c1. The van der Waals surface area contributed by atoms with Crippen LogP contribution >= 0.6 is 34.8 Å². The highest BCUT2D eigenvalue weighted by molar-refractivity contribution is 6.32. The Morgan fingerprint density at radius 3 is 1.67 bits per heavy atom. The van der Waals surface area contributed by atoms with Gasteiger partial charge in [0, 0.05) is 87.4 Å². The number of anilines is 3. The summed E-state index contributed by atoms with van der Waals surface area (Å²) in [4.78, 5) is 62.1. The highest BCUT2D eigenvalue weighted by Crippen LogP contribution is 2.39. The van der Waals surface area contributed by atoms with Crippen LogP contribution in [-0.4, -0.2) is 147 Å². The van der Waals surface area contributed by atoms with Gasteiger partial charge in [0.15, 0.2) is 0 Å². The molecule has 4 aromatic heterocycles. The zero-order chi connectivity index (χ0) is 68.5. The molecule has 3 unspecified atom stereocenters. The molecule has 8 heterocycles. The van der Waals surface area contributed by atoms with Crippen molar-refractivity contribution in [1.82, 2.24) is 50.5 Å². The highest BCUT2D eigenvalue weighted by atomic mass is 35.5. The predicted molar refractivity (Wildman–Crippen MR) is 324 cm³/mol. The van der Waals surface area contributed by atoms with Gasteiger partial charge in [0.2, 0.25) is 17.7 Å². The first-order valence-electron chi connectivity index (χ1n) is 29.2. The number of halogens is 13. The van der Waals surface area contributed by atoms with E-state index in [0.717, 1.165) is 6.07 Å². The second-order valence-electron chi connectivity index (χ2n) is 22.0. The summed E-state index contributed by atoms with van der Waals surface area (Å²) in [5.74, 6) is -5.61. The smallest absolute Gasteiger partial charge is 0.441 e. The lowest BCUT2D eigenvalue weighted by Crippen LogP contribution is -2.49. The normalized spacial score (nSPS) is 17.7. The van der Waals surface area contributed by atoms with E-state index in [2.05, 4.69) is 35.5 Å². The molecule has 3 atom stereocenters. The van der Waals surface area contributed by atoms with Gasteiger partial charge in [0.05, 0.1) is 81.7 Å². The highest BCUT2D eigenvalue weighted by Gasteiger charge is 2.46. The maximum Gasteiger partial charge on any atom is 0.470 e. The summed E-state index contributed by atoms with van der Waals surface area (Å²) in [6.45, 7) is -0.257. The fraction of sp³-hybridized carbons (Fsp3) is 0.311. The Kier molecular flexibility index (Phi) is 19.5. The maximum absolute atomic E-state index is 16.5. The Balaban J connectivity index is 0.821. The van der Waals surface area contributed by atoms with E-state index in [1.165, 1.54) is 97.6 Å². The first-order chi connectivity index (χ1) is 46.3. The summed E-state index contributed by atoms with van der Waals surface area (Å²) >= 11 is 20.1. The number of hydrazone groups is 1. The lowest BCUT2D eigenvalue weighted by molar-refractivity contribution is -0.201. The fourth-order valence-electron chi connectivity index (χ4n) is 10.7. The standard InChI is InChI=1S/C61H49Cl3F10N14O9/c62-38-5-9-42(10-6-38)87(29-40-7-3-34(26-75-40)51-78-81-54(96-51)60(69,70)71)58(91)85-16-20-94-49(32-85)45-25-43(11-12-46(45)64)86(28-36-2-1-33(23-47(36)65)50-77-80-53(95-50)59(66,67)68)57(90)84-15-19-93-48(31-84)37-21-39(63)24-44(22-37)88(56(89)83-13-17-92-18-14-83)30-41-8-4-35(27-76-41)52-79-82-55(97-52)61(72,73)74/h1-12,21-27,48-49,55,82H,13-20,28-32H2. The van der Waals surface area contributed by atoms with Crippen LogP contribution in [0.4, 0.5) is 75.3 Å². The van der Waals surface area contributed by atoms with Crippen LogP contribution in [0.15, 0.2) is 129 Å². The van der Waals surface area contributed by atoms with Crippen LogP contribution < -0.4 is 20.1 Å². The molecule has 1 N–H and O–H groups in total. The van der Waals surface area contributed by atoms with Crippen LogP contribution in [0.5, 0.6) is 0 Å². The number of benzene rings is 4. The Hall–Kier alpha value is -9.41. The van der Waals surface area contributed by atoms with Gasteiger partial charge in [-0.05, 0) is 103 Å². The Morgan fingerprint density at radius 2 is 1.09 bits per heavy atom. The molecule has 97 heavy (non-hydrogen) atoms. The van der Waals surface area contributed by atoms with Crippen molar-refractivity contribution in [2.75, 3.05) is 80.4 Å². The molecule has 3 fully saturated rings. The first-order valence-corrected chi connectivity index (χ1v) is 30.4. The van der Waals surface area contributed by atoms with Crippen LogP contribution in [0.3, 0.4) is 0 Å². The molecule has 4 aromatic carbocycles. The van der Waals surface area contributed by atoms with Crippen molar-refractivity contribution in [2.24, 2.45) is 5.10 Å². The van der Waals surface area contributed by atoms with Crippen molar-refractivity contribution in [2.45, 2.75) is 56.6 Å². The summed E-state index contributed by atoms with van der Waals surface area (Å²) in [5, 5.41) is 17.3. The lowest BCUT2D eigenvalue weighted by atomic mass is 10.0. The second kappa shape index (κ2) is 28.0. The molecule has 4 aliphatic rings. The number of pyridine rings is 2. The molecule has 36 heteroatoms. The first kappa shape index (κ1) is 67.6. The van der Waals surface area contributed by atoms with E-state index in [4.69, 9.17) is 62.6 Å². The largest absolute Gasteiger partial charge is 0.470 e. The molecule has 3 saturated heterocycles. The molecule has 0 radical (unpaired) electrons. The number of hydrogen-bond acceptors (Lipinski definition) is 17. The molecule has 0 saturated carbocycles. The van der Waals surface area contributed by atoms with Crippen molar-refractivity contribution in [3.8, 4) is 22.9 Å². The van der Waals surface area contributed by atoms with Crippen molar-refractivity contribution < 1.29 is 86.1 Å². The fourth-order valence-corrected chi connectivity index (χ4v) is 11.3. The number of rotatable bonds is 14.